The summed E-state index contributed by atoms with van der Waals surface area (Å²) in [6.45, 7) is 2.76. The van der Waals surface area contributed by atoms with Gasteiger partial charge in [0.05, 0.1) is 0 Å². The van der Waals surface area contributed by atoms with Crippen molar-refractivity contribution in [3.05, 3.63) is 29.6 Å². The molecule has 0 saturated heterocycles. The average molecular weight is 239 g/mol. The van der Waals surface area contributed by atoms with Crippen LogP contribution >= 0.6 is 0 Å². The first kappa shape index (κ1) is 12.3. The third kappa shape index (κ3) is 2.76. The maximum atomic E-state index is 13.6. The normalized spacial score (nSPS) is 19.0. The molecule has 0 spiro atoms. The molecule has 0 heterocycles. The second-order valence-electron chi connectivity index (χ2n) is 4.97. The fourth-order valence-electron chi connectivity index (χ4n) is 1.91. The van der Waals surface area contributed by atoms with Crippen LogP contribution in [0, 0.1) is 11.2 Å². The number of aromatic hydroxyl groups is 1. The average Bonchev–Trinajstić information content (AvgIpc) is 3.07. The van der Waals surface area contributed by atoms with E-state index in [0.717, 1.165) is 18.9 Å². The molecule has 4 heteroatoms. The molecule has 17 heavy (non-hydrogen) atoms. The van der Waals surface area contributed by atoms with Gasteiger partial charge in [-0.25, -0.2) is 4.39 Å². The molecule has 1 aliphatic carbocycles. The van der Waals surface area contributed by atoms with Crippen LogP contribution in [0.2, 0.25) is 0 Å². The van der Waals surface area contributed by atoms with Gasteiger partial charge in [-0.3, -0.25) is 0 Å². The number of aliphatic hydroxyl groups is 1. The molecule has 1 saturated carbocycles. The number of halogens is 1. The Bertz CT molecular complexity index is 404. The first-order chi connectivity index (χ1) is 8.06. The molecule has 0 amide bonds. The van der Waals surface area contributed by atoms with Gasteiger partial charge in [-0.15, -0.1) is 0 Å². The molecule has 0 bridgehead atoms. The molecule has 1 aromatic carbocycles. The molecule has 1 aliphatic rings. The number of phenols is 1. The Morgan fingerprint density at radius 3 is 2.71 bits per heavy atom. The topological polar surface area (TPSA) is 52.5 Å². The van der Waals surface area contributed by atoms with Crippen LogP contribution in [-0.4, -0.2) is 23.4 Å². The van der Waals surface area contributed by atoms with Gasteiger partial charge in [-0.05, 0) is 25.8 Å². The van der Waals surface area contributed by atoms with E-state index < -0.39 is 5.82 Å². The summed E-state index contributed by atoms with van der Waals surface area (Å²) in [4.78, 5) is 0. The van der Waals surface area contributed by atoms with E-state index in [9.17, 15) is 9.50 Å². The molecule has 94 valence electrons. The molecule has 2 rings (SSSR count). The van der Waals surface area contributed by atoms with Gasteiger partial charge in [0.2, 0.25) is 0 Å². The first-order valence-electron chi connectivity index (χ1n) is 5.89. The highest BCUT2D eigenvalue weighted by atomic mass is 19.1. The Kier molecular flexibility index (Phi) is 3.35. The summed E-state index contributed by atoms with van der Waals surface area (Å²) in [6.07, 6.45) is 2.06. The Balaban J connectivity index is 1.97. The number of aliphatic hydroxyl groups excluding tert-OH is 1. The Morgan fingerprint density at radius 2 is 2.18 bits per heavy atom. The quantitative estimate of drug-likeness (QED) is 0.736. The van der Waals surface area contributed by atoms with Crippen LogP contribution < -0.4 is 5.32 Å². The van der Waals surface area contributed by atoms with Gasteiger partial charge in [0, 0.05) is 36.2 Å². The third-order valence-electron chi connectivity index (χ3n) is 3.53. The highest BCUT2D eigenvalue weighted by Gasteiger charge is 2.41. The second-order valence-corrected chi connectivity index (χ2v) is 4.97. The fraction of sp³-hybridized carbons (Fsp3) is 0.538. The van der Waals surface area contributed by atoms with Crippen LogP contribution in [0.5, 0.6) is 5.75 Å². The van der Waals surface area contributed by atoms with Crippen molar-refractivity contribution in [3.63, 3.8) is 0 Å². The van der Waals surface area contributed by atoms with E-state index in [1.807, 2.05) is 6.92 Å². The van der Waals surface area contributed by atoms with Gasteiger partial charge in [0.1, 0.15) is 11.6 Å². The van der Waals surface area contributed by atoms with Gasteiger partial charge < -0.3 is 15.5 Å². The lowest BCUT2D eigenvalue weighted by Gasteiger charge is -2.19. The van der Waals surface area contributed by atoms with Crippen molar-refractivity contribution >= 4 is 0 Å². The number of rotatable bonds is 5. The van der Waals surface area contributed by atoms with Gasteiger partial charge >= 0.3 is 0 Å². The Labute approximate surface area is 100 Å². The highest BCUT2D eigenvalue weighted by Crippen LogP contribution is 2.44. The van der Waals surface area contributed by atoms with Crippen LogP contribution in [0.25, 0.3) is 0 Å². The van der Waals surface area contributed by atoms with E-state index in [1.54, 1.807) is 6.07 Å². The van der Waals surface area contributed by atoms with Gasteiger partial charge in [-0.1, -0.05) is 6.07 Å². The zero-order valence-corrected chi connectivity index (χ0v) is 9.91. The zero-order valence-electron chi connectivity index (χ0n) is 9.91. The minimum Gasteiger partial charge on any atom is -0.508 e. The van der Waals surface area contributed by atoms with E-state index in [0.29, 0.717) is 12.1 Å². The van der Waals surface area contributed by atoms with Crippen molar-refractivity contribution in [2.24, 2.45) is 5.41 Å². The highest BCUT2D eigenvalue weighted by molar-refractivity contribution is 5.29. The molecule has 3 N–H and O–H groups in total. The number of hydrogen-bond donors (Lipinski definition) is 3. The van der Waals surface area contributed by atoms with E-state index >= 15 is 0 Å². The minimum absolute atomic E-state index is 0.0155. The van der Waals surface area contributed by atoms with Crippen molar-refractivity contribution in [2.45, 2.75) is 25.8 Å². The van der Waals surface area contributed by atoms with Gasteiger partial charge in [0.25, 0.3) is 0 Å². The monoisotopic (exact) mass is 239 g/mol. The van der Waals surface area contributed by atoms with Gasteiger partial charge in [-0.2, -0.15) is 0 Å². The van der Waals surface area contributed by atoms with E-state index in [-0.39, 0.29) is 23.8 Å². The van der Waals surface area contributed by atoms with E-state index in [2.05, 4.69) is 5.32 Å². The molecular weight excluding hydrogens is 221 g/mol. The third-order valence-corrected chi connectivity index (χ3v) is 3.53. The Morgan fingerprint density at radius 1 is 1.47 bits per heavy atom. The molecule has 0 aliphatic heterocycles. The zero-order chi connectivity index (χ0) is 12.5. The molecule has 1 unspecified atom stereocenters. The molecule has 1 fully saturated rings. The lowest BCUT2D eigenvalue weighted by Crippen LogP contribution is -2.29. The predicted octanol–water partition coefficient (Wildman–Crippen LogP) is 1.95. The molecule has 1 aromatic rings. The summed E-state index contributed by atoms with van der Waals surface area (Å²) in [5, 5.41) is 21.5. The SMILES string of the molecule is CC(NCC1(CO)CC1)c1ccc(O)cc1F. The largest absolute Gasteiger partial charge is 0.508 e. The number of phenolic OH excluding ortho intramolecular Hbond substituents is 1. The molecule has 1 atom stereocenters. The van der Waals surface area contributed by atoms with E-state index in [1.165, 1.54) is 6.07 Å². The number of benzene rings is 1. The molecule has 3 nitrogen and oxygen atoms in total. The predicted molar refractivity (Wildman–Crippen MR) is 63.2 cm³/mol. The minimum atomic E-state index is -0.404. The summed E-state index contributed by atoms with van der Waals surface area (Å²) in [7, 11) is 0. The smallest absolute Gasteiger partial charge is 0.131 e. The summed E-state index contributed by atoms with van der Waals surface area (Å²) < 4.78 is 13.6. The fourth-order valence-corrected chi connectivity index (χ4v) is 1.91. The lowest BCUT2D eigenvalue weighted by atomic mass is 10.0. The second kappa shape index (κ2) is 4.63. The van der Waals surface area contributed by atoms with Crippen LogP contribution in [0.3, 0.4) is 0 Å². The first-order valence-corrected chi connectivity index (χ1v) is 5.89. The van der Waals surface area contributed by atoms with Crippen LogP contribution in [-0.2, 0) is 0 Å². The summed E-state index contributed by atoms with van der Waals surface area (Å²) in [5.41, 5.74) is 0.554. The van der Waals surface area contributed by atoms with Crippen molar-refractivity contribution < 1.29 is 14.6 Å². The molecule has 0 radical (unpaired) electrons. The molecular formula is C13H18FNO2. The van der Waals surface area contributed by atoms with Crippen molar-refractivity contribution in [1.82, 2.24) is 5.32 Å². The van der Waals surface area contributed by atoms with Crippen molar-refractivity contribution in [3.8, 4) is 5.75 Å². The summed E-state index contributed by atoms with van der Waals surface area (Å²) >= 11 is 0. The van der Waals surface area contributed by atoms with Crippen molar-refractivity contribution in [2.75, 3.05) is 13.2 Å². The molecule has 0 aromatic heterocycles. The van der Waals surface area contributed by atoms with Crippen LogP contribution in [0.15, 0.2) is 18.2 Å². The maximum absolute atomic E-state index is 13.6. The van der Waals surface area contributed by atoms with Crippen LogP contribution in [0.1, 0.15) is 31.4 Å². The van der Waals surface area contributed by atoms with Gasteiger partial charge in [0.15, 0.2) is 0 Å². The van der Waals surface area contributed by atoms with E-state index in [4.69, 9.17) is 5.11 Å². The number of nitrogens with one attached hydrogen (secondary N) is 1. The summed E-state index contributed by atoms with van der Waals surface area (Å²) in [5.74, 6) is -0.466. The Hall–Kier alpha value is -1.13. The van der Waals surface area contributed by atoms with Crippen molar-refractivity contribution in [1.29, 1.82) is 0 Å². The number of hydrogen-bond acceptors (Lipinski definition) is 3. The summed E-state index contributed by atoms with van der Waals surface area (Å²) in [6, 6.07) is 4.06. The lowest BCUT2D eigenvalue weighted by molar-refractivity contribution is 0.204. The maximum Gasteiger partial charge on any atom is 0.131 e. The standard InChI is InChI=1S/C13H18FNO2/c1-9(15-7-13(8-16)4-5-13)11-3-2-10(17)6-12(11)14/h2-3,6,9,15-17H,4-5,7-8H2,1H3. The van der Waals surface area contributed by atoms with Crippen LogP contribution in [0.4, 0.5) is 4.39 Å².